The zero-order valence-corrected chi connectivity index (χ0v) is 15.5. The van der Waals surface area contributed by atoms with Gasteiger partial charge in [0.2, 0.25) is 10.0 Å². The van der Waals surface area contributed by atoms with E-state index < -0.39 is 15.9 Å². The summed E-state index contributed by atoms with van der Waals surface area (Å²) in [6.07, 6.45) is 5.30. The maximum atomic E-state index is 12.5. The Bertz CT molecular complexity index is 1110. The van der Waals surface area contributed by atoms with Gasteiger partial charge in [-0.05, 0) is 42.8 Å². The molecule has 0 saturated carbocycles. The fourth-order valence-electron chi connectivity index (χ4n) is 2.96. The van der Waals surface area contributed by atoms with E-state index in [1.54, 1.807) is 35.3 Å². The van der Waals surface area contributed by atoms with E-state index in [0.717, 1.165) is 0 Å². The zero-order chi connectivity index (χ0) is 19.7. The molecule has 4 rings (SSSR count). The number of aromatic nitrogens is 3. The van der Waals surface area contributed by atoms with Crippen LogP contribution in [0.15, 0.2) is 55.0 Å². The first-order chi connectivity index (χ1) is 13.4. The molecule has 0 aliphatic carbocycles. The number of phenolic OH excluding ortho intramolecular Hbond substituents is 1. The second-order valence-corrected chi connectivity index (χ2v) is 8.27. The number of amides is 1. The molecule has 1 saturated heterocycles. The predicted octanol–water partition coefficient (Wildman–Crippen LogP) is 1.77. The van der Waals surface area contributed by atoms with Crippen molar-refractivity contribution in [2.24, 2.45) is 0 Å². The third-order valence-corrected chi connectivity index (χ3v) is 6.23. The van der Waals surface area contributed by atoms with E-state index >= 15 is 0 Å². The number of aromatic hydroxyl groups is 1. The molecule has 2 N–H and O–H groups in total. The summed E-state index contributed by atoms with van der Waals surface area (Å²) in [6.45, 7) is 0.374. The number of nitrogens with zero attached hydrogens (tertiary/aromatic N) is 4. The van der Waals surface area contributed by atoms with Gasteiger partial charge in [-0.1, -0.05) is 0 Å². The second-order valence-electron chi connectivity index (χ2n) is 6.25. The summed E-state index contributed by atoms with van der Waals surface area (Å²) >= 11 is 0. The lowest BCUT2D eigenvalue weighted by Crippen LogP contribution is -2.25. The fourth-order valence-corrected chi connectivity index (χ4v) is 4.52. The summed E-state index contributed by atoms with van der Waals surface area (Å²) in [5.41, 5.74) is 0.813. The molecule has 1 fully saturated rings. The monoisotopic (exact) mass is 399 g/mol. The van der Waals surface area contributed by atoms with Gasteiger partial charge in [0.25, 0.3) is 5.91 Å². The van der Waals surface area contributed by atoms with Crippen molar-refractivity contribution in [3.05, 3.63) is 60.6 Å². The average Bonchev–Trinajstić information content (AvgIpc) is 3.33. The molecule has 1 amide bonds. The zero-order valence-electron chi connectivity index (χ0n) is 14.7. The van der Waals surface area contributed by atoms with E-state index in [9.17, 15) is 18.3 Å². The van der Waals surface area contributed by atoms with Gasteiger partial charge in [0.1, 0.15) is 5.75 Å². The maximum Gasteiger partial charge on any atom is 0.257 e. The van der Waals surface area contributed by atoms with Crippen LogP contribution in [0.4, 0.5) is 11.4 Å². The smallest absolute Gasteiger partial charge is 0.257 e. The molecule has 2 aromatic heterocycles. The van der Waals surface area contributed by atoms with Gasteiger partial charge in [-0.25, -0.2) is 18.1 Å². The highest BCUT2D eigenvalue weighted by Crippen LogP contribution is 2.32. The van der Waals surface area contributed by atoms with Crippen LogP contribution >= 0.6 is 0 Å². The van der Waals surface area contributed by atoms with Gasteiger partial charge in [0.15, 0.2) is 5.82 Å². The summed E-state index contributed by atoms with van der Waals surface area (Å²) in [5.74, 6) is 0.0146. The minimum Gasteiger partial charge on any atom is -0.506 e. The number of pyridine rings is 1. The molecule has 0 bridgehead atoms. The van der Waals surface area contributed by atoms with Crippen LogP contribution in [-0.4, -0.2) is 46.5 Å². The molecule has 1 aliphatic heterocycles. The van der Waals surface area contributed by atoms with Crippen LogP contribution in [-0.2, 0) is 10.0 Å². The Morgan fingerprint density at radius 3 is 2.71 bits per heavy atom. The largest absolute Gasteiger partial charge is 0.506 e. The minimum atomic E-state index is -3.36. The molecule has 9 nitrogen and oxygen atoms in total. The van der Waals surface area contributed by atoms with Crippen LogP contribution in [0, 0.1) is 0 Å². The quantitative estimate of drug-likeness (QED) is 0.646. The summed E-state index contributed by atoms with van der Waals surface area (Å²) < 4.78 is 27.0. The van der Waals surface area contributed by atoms with E-state index in [4.69, 9.17) is 0 Å². The lowest BCUT2D eigenvalue weighted by Gasteiger charge is -2.18. The van der Waals surface area contributed by atoms with Crippen molar-refractivity contribution < 1.29 is 18.3 Å². The topological polar surface area (TPSA) is 117 Å². The number of phenols is 1. The Balaban J connectivity index is 1.55. The minimum absolute atomic E-state index is 0.0871. The number of benzene rings is 1. The average molecular weight is 399 g/mol. The van der Waals surface area contributed by atoms with Crippen LogP contribution in [0.2, 0.25) is 0 Å². The Morgan fingerprint density at radius 1 is 1.21 bits per heavy atom. The van der Waals surface area contributed by atoms with Crippen molar-refractivity contribution in [1.82, 2.24) is 14.8 Å². The van der Waals surface area contributed by atoms with Gasteiger partial charge in [-0.15, -0.1) is 0 Å². The van der Waals surface area contributed by atoms with E-state index in [1.807, 2.05) is 0 Å². The molecule has 10 heteroatoms. The van der Waals surface area contributed by atoms with Gasteiger partial charge < -0.3 is 10.4 Å². The number of anilines is 2. The highest BCUT2D eigenvalue weighted by Gasteiger charge is 2.29. The van der Waals surface area contributed by atoms with E-state index in [1.165, 1.54) is 28.7 Å². The number of nitrogens with one attached hydrogen (secondary N) is 1. The number of hydrogen-bond acceptors (Lipinski definition) is 6. The number of rotatable bonds is 4. The van der Waals surface area contributed by atoms with Crippen molar-refractivity contribution in [2.45, 2.75) is 6.42 Å². The van der Waals surface area contributed by atoms with Crippen molar-refractivity contribution in [1.29, 1.82) is 0 Å². The third kappa shape index (κ3) is 3.41. The van der Waals surface area contributed by atoms with Crippen molar-refractivity contribution in [3.8, 4) is 11.6 Å². The molecule has 28 heavy (non-hydrogen) atoms. The first kappa shape index (κ1) is 18.0. The van der Waals surface area contributed by atoms with E-state index in [-0.39, 0.29) is 22.8 Å². The summed E-state index contributed by atoms with van der Waals surface area (Å²) in [7, 11) is -3.36. The summed E-state index contributed by atoms with van der Waals surface area (Å²) in [5, 5.41) is 16.7. The van der Waals surface area contributed by atoms with E-state index in [0.29, 0.717) is 24.5 Å². The molecule has 0 unspecified atom stereocenters. The van der Waals surface area contributed by atoms with Gasteiger partial charge in [0.05, 0.1) is 22.7 Å². The Kier molecular flexibility index (Phi) is 4.47. The molecule has 0 radical (unpaired) electrons. The molecule has 3 aromatic rings. The molecular formula is C18H17N5O4S. The van der Waals surface area contributed by atoms with Crippen molar-refractivity contribution in [2.75, 3.05) is 21.9 Å². The van der Waals surface area contributed by atoms with Crippen molar-refractivity contribution >= 4 is 27.3 Å². The van der Waals surface area contributed by atoms with Gasteiger partial charge in [-0.3, -0.25) is 9.10 Å². The molecule has 1 aliphatic rings. The molecule has 1 aromatic carbocycles. The molecule has 0 atom stereocenters. The highest BCUT2D eigenvalue weighted by molar-refractivity contribution is 7.93. The molecule has 3 heterocycles. The Morgan fingerprint density at radius 2 is 2.07 bits per heavy atom. The number of carbonyl (C=O) groups excluding carboxylic acids is 1. The maximum absolute atomic E-state index is 12.5. The van der Waals surface area contributed by atoms with E-state index in [2.05, 4.69) is 15.4 Å². The first-order valence-electron chi connectivity index (χ1n) is 8.55. The van der Waals surface area contributed by atoms with Crippen LogP contribution in [0.5, 0.6) is 5.75 Å². The number of sulfonamides is 1. The molecule has 144 valence electrons. The lowest BCUT2D eigenvalue weighted by atomic mass is 10.2. The normalized spacial score (nSPS) is 15.5. The Labute approximate surface area is 161 Å². The van der Waals surface area contributed by atoms with Crippen LogP contribution in [0.25, 0.3) is 5.82 Å². The second kappa shape index (κ2) is 6.97. The first-order valence-corrected chi connectivity index (χ1v) is 10.2. The number of carbonyl (C=O) groups is 1. The number of hydrogen-bond donors (Lipinski definition) is 2. The van der Waals surface area contributed by atoms with Crippen LogP contribution < -0.4 is 9.62 Å². The molecular weight excluding hydrogens is 382 g/mol. The standard InChI is InChI=1S/C18H17N5O4S/c24-16-5-4-14(23-9-2-10-28(23,26)27)11-15(16)21-18(25)13-3-6-17(19-12-13)22-8-1-7-20-22/h1,3-8,11-12,24H,2,9-10H2,(H,21,25). The van der Waals surface area contributed by atoms with Crippen LogP contribution in [0.1, 0.15) is 16.8 Å². The lowest BCUT2D eigenvalue weighted by molar-refractivity contribution is 0.102. The highest BCUT2D eigenvalue weighted by atomic mass is 32.2. The van der Waals surface area contributed by atoms with Crippen molar-refractivity contribution in [3.63, 3.8) is 0 Å². The van der Waals surface area contributed by atoms with Crippen LogP contribution in [0.3, 0.4) is 0 Å². The summed E-state index contributed by atoms with van der Waals surface area (Å²) in [4.78, 5) is 16.7. The van der Waals surface area contributed by atoms with Gasteiger partial charge >= 0.3 is 0 Å². The van der Waals surface area contributed by atoms with Gasteiger partial charge in [-0.2, -0.15) is 5.10 Å². The third-order valence-electron chi connectivity index (χ3n) is 4.36. The van der Waals surface area contributed by atoms with Gasteiger partial charge in [0, 0.05) is 25.1 Å². The summed E-state index contributed by atoms with van der Waals surface area (Å²) in [6, 6.07) is 9.31. The Hall–Kier alpha value is -3.40. The fraction of sp³-hybridized carbons (Fsp3) is 0.167. The molecule has 0 spiro atoms. The SMILES string of the molecule is O=C(Nc1cc(N2CCCS2(=O)=O)ccc1O)c1ccc(-n2cccn2)nc1. The predicted molar refractivity (Wildman–Crippen MR) is 103 cm³/mol.